The molecule has 1 aromatic carbocycles. The number of carbonyl (C=O) groups is 1. The predicted octanol–water partition coefficient (Wildman–Crippen LogP) is 4.58. The quantitative estimate of drug-likeness (QED) is 0.740. The fourth-order valence-electron chi connectivity index (χ4n) is 3.02. The van der Waals surface area contributed by atoms with Gasteiger partial charge in [-0.05, 0) is 30.9 Å². The Bertz CT molecular complexity index is 614. The molecule has 3 heteroatoms. The molecule has 0 amide bonds. The molecule has 0 radical (unpaired) electrons. The van der Waals surface area contributed by atoms with Gasteiger partial charge in [0.1, 0.15) is 0 Å². The minimum Gasteiger partial charge on any atom is -0.450 e. The highest BCUT2D eigenvalue weighted by Gasteiger charge is 2.28. The number of para-hydroxylation sites is 1. The van der Waals surface area contributed by atoms with Crippen LogP contribution in [0.15, 0.2) is 28.7 Å². The Labute approximate surface area is 111 Å². The maximum absolute atomic E-state index is 13.6. The van der Waals surface area contributed by atoms with Gasteiger partial charge < -0.3 is 4.42 Å². The van der Waals surface area contributed by atoms with Crippen LogP contribution in [0.25, 0.3) is 11.0 Å². The molecule has 1 aliphatic carbocycles. The van der Waals surface area contributed by atoms with Gasteiger partial charge in [0.2, 0.25) is 5.78 Å². The zero-order chi connectivity index (χ0) is 13.4. The van der Waals surface area contributed by atoms with E-state index in [9.17, 15) is 9.18 Å². The van der Waals surface area contributed by atoms with Gasteiger partial charge >= 0.3 is 0 Å². The molecule has 0 N–H and O–H groups in total. The van der Waals surface area contributed by atoms with Gasteiger partial charge in [0.05, 0.1) is 0 Å². The van der Waals surface area contributed by atoms with Crippen molar-refractivity contribution >= 4 is 16.8 Å². The topological polar surface area (TPSA) is 30.2 Å². The normalized spacial score (nSPS) is 23.7. The Morgan fingerprint density at radius 3 is 2.95 bits per heavy atom. The monoisotopic (exact) mass is 260 g/mol. The number of hydrogen-bond donors (Lipinski definition) is 0. The molecule has 100 valence electrons. The first-order valence-corrected chi connectivity index (χ1v) is 6.87. The predicted molar refractivity (Wildman–Crippen MR) is 71.6 cm³/mol. The number of Topliss-reactive ketones (excluding diaryl/α,β-unsaturated/α-hetero) is 1. The van der Waals surface area contributed by atoms with Crippen LogP contribution in [0.4, 0.5) is 4.39 Å². The van der Waals surface area contributed by atoms with Gasteiger partial charge in [0, 0.05) is 11.3 Å². The lowest BCUT2D eigenvalue weighted by Crippen LogP contribution is -2.21. The third-order valence-corrected chi connectivity index (χ3v) is 4.05. The summed E-state index contributed by atoms with van der Waals surface area (Å²) in [5, 5.41) is 0.659. The van der Waals surface area contributed by atoms with Crippen LogP contribution in [0.3, 0.4) is 0 Å². The fraction of sp³-hybridized carbons (Fsp3) is 0.438. The summed E-state index contributed by atoms with van der Waals surface area (Å²) in [7, 11) is 0. The highest BCUT2D eigenvalue weighted by atomic mass is 19.1. The average molecular weight is 260 g/mol. The SMILES string of the molecule is CC1CCCC(C(=O)c2cc3cccc(F)c3o2)C1. The number of rotatable bonds is 2. The minimum absolute atomic E-state index is 0.0298. The molecule has 19 heavy (non-hydrogen) atoms. The molecule has 2 aromatic rings. The first-order valence-electron chi connectivity index (χ1n) is 6.87. The van der Waals surface area contributed by atoms with E-state index in [2.05, 4.69) is 6.92 Å². The van der Waals surface area contributed by atoms with E-state index < -0.39 is 5.82 Å². The minimum atomic E-state index is -0.409. The molecule has 0 bridgehead atoms. The number of hydrogen-bond acceptors (Lipinski definition) is 2. The van der Waals surface area contributed by atoms with Crippen LogP contribution in [0.1, 0.15) is 43.2 Å². The van der Waals surface area contributed by atoms with Gasteiger partial charge in [0.15, 0.2) is 17.2 Å². The molecular formula is C16H17FO2. The molecule has 1 fully saturated rings. The number of carbonyl (C=O) groups excluding carboxylic acids is 1. The zero-order valence-electron chi connectivity index (χ0n) is 11.0. The standard InChI is InChI=1S/C16H17FO2/c1-10-4-2-5-11(8-10)15(18)14-9-12-6-3-7-13(17)16(12)19-14/h3,6-7,9-11H,2,4-5,8H2,1H3. The molecule has 0 saturated heterocycles. The van der Waals surface area contributed by atoms with E-state index in [1.54, 1.807) is 18.2 Å². The van der Waals surface area contributed by atoms with Crippen LogP contribution in [0, 0.1) is 17.7 Å². The van der Waals surface area contributed by atoms with E-state index in [4.69, 9.17) is 4.42 Å². The molecule has 1 saturated carbocycles. The average Bonchev–Trinajstić information content (AvgIpc) is 2.83. The van der Waals surface area contributed by atoms with Crippen molar-refractivity contribution in [1.29, 1.82) is 0 Å². The molecule has 2 nitrogen and oxygen atoms in total. The van der Waals surface area contributed by atoms with E-state index in [0.29, 0.717) is 17.1 Å². The number of halogens is 1. The first kappa shape index (κ1) is 12.4. The lowest BCUT2D eigenvalue weighted by Gasteiger charge is -2.24. The molecule has 0 spiro atoms. The highest BCUT2D eigenvalue weighted by molar-refractivity contribution is 5.99. The van der Waals surface area contributed by atoms with Gasteiger partial charge in [-0.2, -0.15) is 0 Å². The number of furan rings is 1. The van der Waals surface area contributed by atoms with Crippen LogP contribution in [0.5, 0.6) is 0 Å². The second-order valence-corrected chi connectivity index (χ2v) is 5.60. The van der Waals surface area contributed by atoms with Crippen molar-refractivity contribution in [1.82, 2.24) is 0 Å². The molecule has 1 aromatic heterocycles. The summed E-state index contributed by atoms with van der Waals surface area (Å²) in [6, 6.07) is 6.41. The molecule has 3 rings (SSSR count). The van der Waals surface area contributed by atoms with Crippen LogP contribution in [-0.4, -0.2) is 5.78 Å². The third-order valence-electron chi connectivity index (χ3n) is 4.05. The Kier molecular flexibility index (Phi) is 3.13. The number of benzene rings is 1. The lowest BCUT2D eigenvalue weighted by atomic mass is 9.80. The number of fused-ring (bicyclic) bond motifs is 1. The van der Waals surface area contributed by atoms with Crippen LogP contribution >= 0.6 is 0 Å². The van der Waals surface area contributed by atoms with E-state index in [0.717, 1.165) is 19.3 Å². The van der Waals surface area contributed by atoms with E-state index in [1.165, 1.54) is 12.5 Å². The molecule has 2 atom stereocenters. The van der Waals surface area contributed by atoms with Gasteiger partial charge in [-0.15, -0.1) is 0 Å². The maximum Gasteiger partial charge on any atom is 0.201 e. The van der Waals surface area contributed by atoms with Crippen LogP contribution in [-0.2, 0) is 0 Å². The molecule has 2 unspecified atom stereocenters. The van der Waals surface area contributed by atoms with Crippen LogP contribution in [0.2, 0.25) is 0 Å². The summed E-state index contributed by atoms with van der Waals surface area (Å²) in [5.74, 6) is 0.547. The van der Waals surface area contributed by atoms with Crippen molar-refractivity contribution in [3.8, 4) is 0 Å². The van der Waals surface area contributed by atoms with E-state index >= 15 is 0 Å². The van der Waals surface area contributed by atoms with Gasteiger partial charge in [-0.1, -0.05) is 31.9 Å². The summed E-state index contributed by atoms with van der Waals surface area (Å²) in [4.78, 5) is 12.4. The molecule has 1 heterocycles. The summed E-state index contributed by atoms with van der Waals surface area (Å²) < 4.78 is 19.0. The first-order chi connectivity index (χ1) is 9.15. The third kappa shape index (κ3) is 2.29. The summed E-state index contributed by atoms with van der Waals surface area (Å²) >= 11 is 0. The Morgan fingerprint density at radius 1 is 1.37 bits per heavy atom. The molecular weight excluding hydrogens is 243 g/mol. The van der Waals surface area contributed by atoms with Crippen molar-refractivity contribution in [3.63, 3.8) is 0 Å². The van der Waals surface area contributed by atoms with Crippen molar-refractivity contribution in [3.05, 3.63) is 35.8 Å². The smallest absolute Gasteiger partial charge is 0.201 e. The summed E-state index contributed by atoms with van der Waals surface area (Å²) in [6.45, 7) is 2.18. The second-order valence-electron chi connectivity index (χ2n) is 5.60. The Morgan fingerprint density at radius 2 is 2.21 bits per heavy atom. The van der Waals surface area contributed by atoms with Crippen molar-refractivity contribution in [2.45, 2.75) is 32.6 Å². The molecule has 1 aliphatic rings. The number of ketones is 1. The van der Waals surface area contributed by atoms with Crippen LogP contribution < -0.4 is 0 Å². The lowest BCUT2D eigenvalue weighted by molar-refractivity contribution is 0.0841. The maximum atomic E-state index is 13.6. The highest BCUT2D eigenvalue weighted by Crippen LogP contribution is 2.32. The summed E-state index contributed by atoms with van der Waals surface area (Å²) in [6.07, 6.45) is 4.12. The van der Waals surface area contributed by atoms with Crippen molar-refractivity contribution in [2.75, 3.05) is 0 Å². The summed E-state index contributed by atoms with van der Waals surface area (Å²) in [5.41, 5.74) is 0.190. The van der Waals surface area contributed by atoms with Gasteiger partial charge in [-0.3, -0.25) is 4.79 Å². The zero-order valence-corrected chi connectivity index (χ0v) is 11.0. The van der Waals surface area contributed by atoms with Crippen molar-refractivity contribution < 1.29 is 13.6 Å². The van der Waals surface area contributed by atoms with Crippen molar-refractivity contribution in [2.24, 2.45) is 11.8 Å². The second kappa shape index (κ2) is 4.80. The largest absolute Gasteiger partial charge is 0.450 e. The Hall–Kier alpha value is -1.64. The van der Waals surface area contributed by atoms with Gasteiger partial charge in [-0.25, -0.2) is 4.39 Å². The fourth-order valence-corrected chi connectivity index (χ4v) is 3.02. The van der Waals surface area contributed by atoms with E-state index in [-0.39, 0.29) is 17.3 Å². The van der Waals surface area contributed by atoms with E-state index in [1.807, 2.05) is 0 Å². The Balaban J connectivity index is 1.91. The van der Waals surface area contributed by atoms with Gasteiger partial charge in [0.25, 0.3) is 0 Å². The molecule has 0 aliphatic heterocycles.